The zero-order valence-corrected chi connectivity index (χ0v) is 11.3. The summed E-state index contributed by atoms with van der Waals surface area (Å²) in [5.41, 5.74) is 0.935. The molecule has 17 heavy (non-hydrogen) atoms. The Balaban J connectivity index is 2.06. The van der Waals surface area contributed by atoms with Crippen molar-refractivity contribution >= 4 is 38.2 Å². The molecule has 86 valence electrons. The molecule has 4 heteroatoms. The summed E-state index contributed by atoms with van der Waals surface area (Å²) in [6.45, 7) is 0.769. The van der Waals surface area contributed by atoms with Crippen LogP contribution in [0.25, 0.3) is 10.9 Å². The number of halogens is 2. The maximum atomic E-state index is 13.2. The van der Waals surface area contributed by atoms with Gasteiger partial charge < -0.3 is 4.57 Å². The average molecular weight is 310 g/mol. The Morgan fingerprint density at radius 1 is 1.24 bits per heavy atom. The first-order valence-electron chi connectivity index (χ1n) is 5.20. The van der Waals surface area contributed by atoms with Gasteiger partial charge in [0.2, 0.25) is 0 Å². The molecule has 0 atom stereocenters. The number of nitrogens with zero attached hydrogens (tertiary/aromatic N) is 1. The van der Waals surface area contributed by atoms with E-state index in [9.17, 15) is 4.39 Å². The molecule has 0 bridgehead atoms. The Bertz CT molecular complexity index is 671. The van der Waals surface area contributed by atoms with Crippen LogP contribution in [0.3, 0.4) is 0 Å². The summed E-state index contributed by atoms with van der Waals surface area (Å²) in [7, 11) is 0. The highest BCUT2D eigenvalue weighted by Gasteiger charge is 2.06. The Morgan fingerprint density at radius 3 is 2.88 bits per heavy atom. The maximum Gasteiger partial charge on any atom is 0.125 e. The molecule has 0 saturated carbocycles. The van der Waals surface area contributed by atoms with E-state index in [0.717, 1.165) is 21.9 Å². The summed E-state index contributed by atoms with van der Waals surface area (Å²) >= 11 is 5.21. The average Bonchev–Trinajstić information content (AvgIpc) is 2.88. The van der Waals surface area contributed by atoms with E-state index in [-0.39, 0.29) is 5.82 Å². The molecule has 0 amide bonds. The standard InChI is InChI=1S/C13H9BrFNS/c14-11-4-6-17-13(11)8-16-5-3-9-1-2-10(15)7-12(9)16/h1-7H,8H2. The Morgan fingerprint density at radius 2 is 2.12 bits per heavy atom. The molecule has 0 fully saturated rings. The predicted octanol–water partition coefficient (Wildman–Crippen LogP) is 4.65. The molecule has 1 aromatic carbocycles. The second-order valence-corrected chi connectivity index (χ2v) is 5.69. The van der Waals surface area contributed by atoms with Crippen LogP contribution in [0.15, 0.2) is 46.4 Å². The summed E-state index contributed by atoms with van der Waals surface area (Å²) in [5, 5.41) is 3.12. The van der Waals surface area contributed by atoms with Crippen LogP contribution in [0.4, 0.5) is 4.39 Å². The minimum atomic E-state index is -0.192. The highest BCUT2D eigenvalue weighted by atomic mass is 79.9. The van der Waals surface area contributed by atoms with E-state index in [4.69, 9.17) is 0 Å². The molecule has 0 radical (unpaired) electrons. The van der Waals surface area contributed by atoms with Crippen molar-refractivity contribution in [1.29, 1.82) is 0 Å². The molecule has 0 aliphatic carbocycles. The lowest BCUT2D eigenvalue weighted by Crippen LogP contribution is -1.96. The van der Waals surface area contributed by atoms with Crippen LogP contribution in [0, 0.1) is 5.82 Å². The fourth-order valence-corrected chi connectivity index (χ4v) is 3.36. The second-order valence-electron chi connectivity index (χ2n) is 3.84. The number of benzene rings is 1. The topological polar surface area (TPSA) is 4.93 Å². The molecule has 0 aliphatic heterocycles. The van der Waals surface area contributed by atoms with Crippen LogP contribution in [-0.4, -0.2) is 4.57 Å². The normalized spacial score (nSPS) is 11.2. The van der Waals surface area contributed by atoms with Crippen molar-refractivity contribution < 1.29 is 4.39 Å². The Labute approximate surface area is 111 Å². The van der Waals surface area contributed by atoms with Gasteiger partial charge in [0.25, 0.3) is 0 Å². The number of fused-ring (bicyclic) bond motifs is 1. The molecule has 0 aliphatic rings. The van der Waals surface area contributed by atoms with Crippen molar-refractivity contribution in [2.24, 2.45) is 0 Å². The monoisotopic (exact) mass is 309 g/mol. The molecule has 0 saturated heterocycles. The number of thiophene rings is 1. The lowest BCUT2D eigenvalue weighted by atomic mass is 10.2. The minimum absolute atomic E-state index is 0.192. The van der Waals surface area contributed by atoms with Crippen LogP contribution in [0.1, 0.15) is 4.88 Å². The van der Waals surface area contributed by atoms with Crippen molar-refractivity contribution in [3.8, 4) is 0 Å². The van der Waals surface area contributed by atoms with Gasteiger partial charge in [-0.05, 0) is 57.0 Å². The molecular formula is C13H9BrFNS. The van der Waals surface area contributed by atoms with Crippen molar-refractivity contribution in [2.75, 3.05) is 0 Å². The molecular weight excluding hydrogens is 301 g/mol. The first-order valence-corrected chi connectivity index (χ1v) is 6.87. The first kappa shape index (κ1) is 11.0. The molecule has 2 aromatic heterocycles. The van der Waals surface area contributed by atoms with Gasteiger partial charge in [0, 0.05) is 15.5 Å². The van der Waals surface area contributed by atoms with Crippen molar-refractivity contribution in [2.45, 2.75) is 6.54 Å². The van der Waals surface area contributed by atoms with E-state index < -0.39 is 0 Å². The highest BCUT2D eigenvalue weighted by Crippen LogP contribution is 2.25. The maximum absolute atomic E-state index is 13.2. The highest BCUT2D eigenvalue weighted by molar-refractivity contribution is 9.10. The van der Waals surface area contributed by atoms with E-state index in [0.29, 0.717) is 0 Å². The summed E-state index contributed by atoms with van der Waals surface area (Å²) in [6.07, 6.45) is 2.00. The van der Waals surface area contributed by atoms with Crippen LogP contribution in [-0.2, 0) is 6.54 Å². The van der Waals surface area contributed by atoms with Gasteiger partial charge in [-0.3, -0.25) is 0 Å². The van der Waals surface area contributed by atoms with Gasteiger partial charge in [0.15, 0.2) is 0 Å². The van der Waals surface area contributed by atoms with E-state index >= 15 is 0 Å². The van der Waals surface area contributed by atoms with Crippen LogP contribution < -0.4 is 0 Å². The quantitative estimate of drug-likeness (QED) is 0.649. The van der Waals surface area contributed by atoms with E-state index in [1.54, 1.807) is 17.4 Å². The Hall–Kier alpha value is -1.13. The molecule has 0 unspecified atom stereocenters. The molecule has 3 rings (SSSR count). The third-order valence-corrected chi connectivity index (χ3v) is 4.65. The van der Waals surface area contributed by atoms with Gasteiger partial charge in [0.05, 0.1) is 12.1 Å². The smallest absolute Gasteiger partial charge is 0.125 e. The van der Waals surface area contributed by atoms with Crippen LogP contribution in [0.2, 0.25) is 0 Å². The van der Waals surface area contributed by atoms with Gasteiger partial charge in [-0.25, -0.2) is 4.39 Å². The number of hydrogen-bond acceptors (Lipinski definition) is 1. The lowest BCUT2D eigenvalue weighted by molar-refractivity contribution is 0.628. The van der Waals surface area contributed by atoms with Gasteiger partial charge in [-0.15, -0.1) is 11.3 Å². The third kappa shape index (κ3) is 2.03. The Kier molecular flexibility index (Phi) is 2.76. The largest absolute Gasteiger partial charge is 0.342 e. The summed E-state index contributed by atoms with van der Waals surface area (Å²) in [6, 6.07) is 8.93. The molecule has 2 heterocycles. The molecule has 0 spiro atoms. The summed E-state index contributed by atoms with van der Waals surface area (Å²) in [4.78, 5) is 1.24. The zero-order chi connectivity index (χ0) is 11.8. The van der Waals surface area contributed by atoms with Gasteiger partial charge >= 0.3 is 0 Å². The fourth-order valence-electron chi connectivity index (χ4n) is 1.89. The number of rotatable bonds is 2. The first-order chi connectivity index (χ1) is 8.24. The SMILES string of the molecule is Fc1ccc2ccn(Cc3sccc3Br)c2c1. The lowest BCUT2D eigenvalue weighted by Gasteiger charge is -2.04. The van der Waals surface area contributed by atoms with E-state index in [1.165, 1.54) is 10.9 Å². The van der Waals surface area contributed by atoms with Gasteiger partial charge in [-0.1, -0.05) is 0 Å². The van der Waals surface area contributed by atoms with Crippen LogP contribution >= 0.6 is 27.3 Å². The number of aromatic nitrogens is 1. The van der Waals surface area contributed by atoms with E-state index in [2.05, 4.69) is 20.5 Å². The van der Waals surface area contributed by atoms with Gasteiger partial charge in [-0.2, -0.15) is 0 Å². The van der Waals surface area contributed by atoms with Crippen LogP contribution in [0.5, 0.6) is 0 Å². The van der Waals surface area contributed by atoms with Crippen molar-refractivity contribution in [1.82, 2.24) is 4.57 Å². The summed E-state index contributed by atoms with van der Waals surface area (Å²) in [5.74, 6) is -0.192. The third-order valence-electron chi connectivity index (χ3n) is 2.74. The summed E-state index contributed by atoms with van der Waals surface area (Å²) < 4.78 is 16.4. The molecule has 0 N–H and O–H groups in total. The predicted molar refractivity (Wildman–Crippen MR) is 73.0 cm³/mol. The minimum Gasteiger partial charge on any atom is -0.342 e. The second kappa shape index (κ2) is 4.27. The van der Waals surface area contributed by atoms with Crippen molar-refractivity contribution in [3.05, 3.63) is 57.1 Å². The zero-order valence-electron chi connectivity index (χ0n) is 8.86. The van der Waals surface area contributed by atoms with Crippen molar-refractivity contribution in [3.63, 3.8) is 0 Å². The molecule has 3 aromatic rings. The van der Waals surface area contributed by atoms with E-state index in [1.807, 2.05) is 29.8 Å². The number of hydrogen-bond donors (Lipinski definition) is 0. The fraction of sp³-hybridized carbons (Fsp3) is 0.0769. The van der Waals surface area contributed by atoms with Gasteiger partial charge in [0.1, 0.15) is 5.82 Å². The molecule has 1 nitrogen and oxygen atoms in total.